The van der Waals surface area contributed by atoms with E-state index in [0.717, 1.165) is 105 Å². The summed E-state index contributed by atoms with van der Waals surface area (Å²) in [7, 11) is 1.62. The van der Waals surface area contributed by atoms with E-state index in [1.165, 1.54) is 12.7 Å². The van der Waals surface area contributed by atoms with Crippen LogP contribution in [-0.2, 0) is 9.47 Å². The molecule has 4 N–H and O–H groups in total. The van der Waals surface area contributed by atoms with E-state index in [2.05, 4.69) is 55.7 Å². The molecule has 20 heteroatoms. The Morgan fingerprint density at radius 2 is 0.987 bits per heavy atom. The highest BCUT2D eigenvalue weighted by Gasteiger charge is 2.24. The van der Waals surface area contributed by atoms with Gasteiger partial charge in [0.25, 0.3) is 5.91 Å². The van der Waals surface area contributed by atoms with Crippen molar-refractivity contribution in [3.05, 3.63) is 169 Å². The van der Waals surface area contributed by atoms with Crippen LogP contribution in [0.3, 0.4) is 0 Å². The van der Waals surface area contributed by atoms with Gasteiger partial charge in [0, 0.05) is 139 Å². The molecule has 0 unspecified atom stereocenters. The van der Waals surface area contributed by atoms with Gasteiger partial charge < -0.3 is 40.3 Å². The zero-order chi connectivity index (χ0) is 54.2. The van der Waals surface area contributed by atoms with Gasteiger partial charge in [-0.1, -0.05) is 36.4 Å². The summed E-state index contributed by atoms with van der Waals surface area (Å²) in [4.78, 5) is 74.6. The maximum atomic E-state index is 12.9. The number of fused-ring (bicyclic) bond motifs is 2. The molecular formula is C59H53N15O5. The van der Waals surface area contributed by atoms with E-state index in [4.69, 9.17) is 29.4 Å². The van der Waals surface area contributed by atoms with Crippen molar-refractivity contribution in [2.45, 2.75) is 13.8 Å². The summed E-state index contributed by atoms with van der Waals surface area (Å²) in [6, 6.07) is 26.1. The summed E-state index contributed by atoms with van der Waals surface area (Å²) < 4.78 is 11.1. The zero-order valence-corrected chi connectivity index (χ0v) is 43.5. The Kier molecular flexibility index (Phi) is 15.0. The van der Waals surface area contributed by atoms with E-state index in [1.807, 2.05) is 93.0 Å². The standard InChI is InChI=1S/C30H28N8O2.C29H25N7O3/c1-19-27(21-6-5-7-22(30(39)31-2)29(21)37-28(19)24-8-3-4-9-34-24)36-25-14-26(38-10-12-40-13-11-38)35-17-23(25)20-15-32-18-33-16-20;1-18-26(20-5-4-6-21(29(37)38)28(20)35-27(18)23-7-2-3-8-32-23)34-24-13-25(36-9-11-39-12-10-36)33-16-22(24)19-14-30-17-31-15-19/h3-9,14-18H,10-13H2,1-2H3,(H,31,39)(H,35,36,37);2-8,13-17H,9-12H2,1H3,(H,37,38)(H,33,34,35). The maximum absolute atomic E-state index is 12.9. The second-order valence-corrected chi connectivity index (χ2v) is 18.5. The van der Waals surface area contributed by atoms with Gasteiger partial charge in [-0.3, -0.25) is 14.8 Å². The van der Waals surface area contributed by atoms with E-state index in [0.29, 0.717) is 65.5 Å². The first-order chi connectivity index (χ1) is 38.7. The number of aromatic nitrogens is 10. The van der Waals surface area contributed by atoms with Crippen LogP contribution >= 0.6 is 0 Å². The average Bonchev–Trinajstić information content (AvgIpc) is 3.69. The number of nitrogens with one attached hydrogen (secondary N) is 3. The number of aromatic carboxylic acids is 1. The number of benzene rings is 2. The van der Waals surface area contributed by atoms with E-state index < -0.39 is 5.97 Å². The van der Waals surface area contributed by atoms with Crippen molar-refractivity contribution in [3.63, 3.8) is 0 Å². The number of hydrogen-bond donors (Lipinski definition) is 4. The summed E-state index contributed by atoms with van der Waals surface area (Å²) >= 11 is 0. The van der Waals surface area contributed by atoms with Crippen molar-refractivity contribution in [2.24, 2.45) is 0 Å². The van der Waals surface area contributed by atoms with Crippen molar-refractivity contribution < 1.29 is 24.2 Å². The Balaban J connectivity index is 0.000000167. The molecule has 0 radical (unpaired) electrons. The normalized spacial score (nSPS) is 13.4. The lowest BCUT2D eigenvalue weighted by molar-refractivity contribution is 0.0698. The number of morpholine rings is 2. The van der Waals surface area contributed by atoms with Crippen molar-refractivity contribution in [1.82, 2.24) is 55.2 Å². The van der Waals surface area contributed by atoms with E-state index in [-0.39, 0.29) is 11.5 Å². The molecular weight excluding hydrogens is 999 g/mol. The molecule has 0 aliphatic carbocycles. The minimum absolute atomic E-state index is 0.119. The molecule has 1 amide bonds. The smallest absolute Gasteiger partial charge is 0.337 e. The van der Waals surface area contributed by atoms with Crippen molar-refractivity contribution >= 4 is 68.1 Å². The number of ether oxygens (including phenoxy) is 2. The molecule has 12 rings (SSSR count). The fourth-order valence-corrected chi connectivity index (χ4v) is 9.71. The van der Waals surface area contributed by atoms with Gasteiger partial charge in [0.2, 0.25) is 0 Å². The van der Waals surface area contributed by atoms with Crippen LogP contribution in [0.5, 0.6) is 0 Å². The second-order valence-electron chi connectivity index (χ2n) is 18.5. The van der Waals surface area contributed by atoms with Gasteiger partial charge in [-0.25, -0.2) is 44.7 Å². The van der Waals surface area contributed by atoms with Crippen molar-refractivity contribution in [2.75, 3.05) is 80.1 Å². The summed E-state index contributed by atoms with van der Waals surface area (Å²) in [5.41, 5.74) is 12.5. The Hall–Kier alpha value is -9.92. The summed E-state index contributed by atoms with van der Waals surface area (Å²) in [6.45, 7) is 9.56. The largest absolute Gasteiger partial charge is 0.478 e. The van der Waals surface area contributed by atoms with Crippen LogP contribution in [0.15, 0.2) is 147 Å². The van der Waals surface area contributed by atoms with E-state index >= 15 is 0 Å². The highest BCUT2D eigenvalue weighted by molar-refractivity contribution is 6.11. The predicted octanol–water partition coefficient (Wildman–Crippen LogP) is 9.13. The molecule has 10 heterocycles. The number of hydrogen-bond acceptors (Lipinski definition) is 18. The third-order valence-corrected chi connectivity index (χ3v) is 13.7. The van der Waals surface area contributed by atoms with Crippen LogP contribution in [0.25, 0.3) is 66.8 Å². The number of carboxylic acids is 1. The number of para-hydroxylation sites is 2. The van der Waals surface area contributed by atoms with Crippen molar-refractivity contribution in [3.8, 4) is 45.0 Å². The average molecular weight is 1050 g/mol. The fourth-order valence-electron chi connectivity index (χ4n) is 9.71. The number of amides is 1. The van der Waals surface area contributed by atoms with Crippen LogP contribution in [0.2, 0.25) is 0 Å². The number of carbonyl (C=O) groups is 2. The maximum Gasteiger partial charge on any atom is 0.337 e. The number of rotatable bonds is 12. The molecule has 20 nitrogen and oxygen atoms in total. The molecule has 2 aliphatic heterocycles. The fraction of sp³-hybridized carbons (Fsp3) is 0.186. The summed E-state index contributed by atoms with van der Waals surface area (Å²) in [6.07, 6.45) is 17.1. The number of carbonyl (C=O) groups excluding carboxylic acids is 1. The molecule has 2 saturated heterocycles. The van der Waals surface area contributed by atoms with Crippen LogP contribution in [0.4, 0.5) is 34.4 Å². The molecule has 394 valence electrons. The second kappa shape index (κ2) is 23.1. The quantitative estimate of drug-likeness (QED) is 0.0891. The Morgan fingerprint density at radius 3 is 1.41 bits per heavy atom. The van der Waals surface area contributed by atoms with Gasteiger partial charge in [-0.2, -0.15) is 0 Å². The van der Waals surface area contributed by atoms with Gasteiger partial charge in [-0.15, -0.1) is 0 Å². The lowest BCUT2D eigenvalue weighted by Gasteiger charge is -2.28. The van der Waals surface area contributed by atoms with Crippen LogP contribution in [0.1, 0.15) is 31.8 Å². The first kappa shape index (κ1) is 51.2. The van der Waals surface area contributed by atoms with E-state index in [9.17, 15) is 14.7 Å². The predicted molar refractivity (Wildman–Crippen MR) is 303 cm³/mol. The molecule has 0 atom stereocenters. The lowest BCUT2D eigenvalue weighted by Crippen LogP contribution is -2.36. The summed E-state index contributed by atoms with van der Waals surface area (Å²) in [5.74, 6) is 0.406. The van der Waals surface area contributed by atoms with Crippen LogP contribution in [0, 0.1) is 13.8 Å². The molecule has 0 spiro atoms. The van der Waals surface area contributed by atoms with Gasteiger partial charge in [0.1, 0.15) is 24.3 Å². The summed E-state index contributed by atoms with van der Waals surface area (Å²) in [5, 5.41) is 21.5. The minimum Gasteiger partial charge on any atom is -0.478 e. The van der Waals surface area contributed by atoms with Crippen LogP contribution < -0.4 is 25.8 Å². The third kappa shape index (κ3) is 10.8. The van der Waals surface area contributed by atoms with Crippen LogP contribution in [-0.4, -0.2) is 126 Å². The van der Waals surface area contributed by atoms with Gasteiger partial charge in [-0.05, 0) is 50.2 Å². The highest BCUT2D eigenvalue weighted by Crippen LogP contribution is 2.41. The number of nitrogens with zero attached hydrogens (tertiary/aromatic N) is 12. The number of carboxylic acid groups (broad SMARTS) is 1. The molecule has 8 aromatic heterocycles. The van der Waals surface area contributed by atoms with Gasteiger partial charge >= 0.3 is 5.97 Å². The molecule has 0 saturated carbocycles. The van der Waals surface area contributed by atoms with Gasteiger partial charge in [0.15, 0.2) is 0 Å². The highest BCUT2D eigenvalue weighted by atomic mass is 16.5. The minimum atomic E-state index is -1.05. The molecule has 0 bridgehead atoms. The zero-order valence-electron chi connectivity index (χ0n) is 43.5. The Labute approximate surface area is 454 Å². The number of anilines is 6. The SMILES string of the molecule is CNC(=O)c1cccc2c(Nc3cc(N4CCOCC4)ncc3-c3cncnc3)c(C)c(-c3ccccn3)nc12.Cc1c(-c2ccccn2)nc2c(C(=O)O)cccc2c1Nc1cc(N2CCOCC2)ncc1-c1cncnc1. The monoisotopic (exact) mass is 1050 g/mol. The molecule has 10 aromatic rings. The first-order valence-corrected chi connectivity index (χ1v) is 25.6. The number of pyridine rings is 6. The topological polar surface area (TPSA) is 244 Å². The third-order valence-electron chi connectivity index (χ3n) is 13.7. The van der Waals surface area contributed by atoms with Gasteiger partial charge in [0.05, 0.1) is 94.1 Å². The molecule has 2 fully saturated rings. The Bertz CT molecular complexity index is 3830. The van der Waals surface area contributed by atoms with E-state index in [1.54, 1.807) is 62.4 Å². The molecule has 2 aliphatic rings. The molecule has 2 aromatic carbocycles. The Morgan fingerprint density at radius 1 is 0.544 bits per heavy atom. The first-order valence-electron chi connectivity index (χ1n) is 25.6. The molecule has 79 heavy (non-hydrogen) atoms. The lowest BCUT2D eigenvalue weighted by atomic mass is 10.0. The van der Waals surface area contributed by atoms with Crippen molar-refractivity contribution in [1.29, 1.82) is 0 Å².